The van der Waals surface area contributed by atoms with Gasteiger partial charge in [0.15, 0.2) is 0 Å². The summed E-state index contributed by atoms with van der Waals surface area (Å²) in [5.74, 6) is 0.865. The van der Waals surface area contributed by atoms with Crippen molar-refractivity contribution in [2.45, 2.75) is 18.9 Å². The zero-order chi connectivity index (χ0) is 10.1. The van der Waals surface area contributed by atoms with Crippen LogP contribution in [0.1, 0.15) is 13.3 Å². The summed E-state index contributed by atoms with van der Waals surface area (Å²) < 4.78 is 0. The highest BCUT2D eigenvalue weighted by Crippen LogP contribution is 2.25. The fourth-order valence-electron chi connectivity index (χ4n) is 1.43. The topological polar surface area (TPSA) is 40.5 Å². The number of amides is 1. The molecular weight excluding hydrogens is 186 g/mol. The van der Waals surface area contributed by atoms with E-state index in [2.05, 4.69) is 12.5 Å². The first kappa shape index (κ1) is 10.9. The number of likely N-dealkylation sites (tertiary alicyclic amines) is 1. The van der Waals surface area contributed by atoms with E-state index in [1.165, 1.54) is 0 Å². The second-order valence-corrected chi connectivity index (χ2v) is 6.54. The second-order valence-electron chi connectivity index (χ2n) is 4.07. The largest absolute Gasteiger partial charge is 0.386 e. The van der Waals surface area contributed by atoms with E-state index < -0.39 is 5.60 Å². The Morgan fingerprint density at radius 1 is 1.54 bits per heavy atom. The molecular formula is C9H19NO2S. The van der Waals surface area contributed by atoms with Crippen molar-refractivity contribution in [3.63, 3.8) is 0 Å². The lowest BCUT2D eigenvalue weighted by Crippen LogP contribution is -2.63. The Morgan fingerprint density at radius 2 is 2.08 bits per heavy atom. The van der Waals surface area contributed by atoms with Crippen molar-refractivity contribution in [2.75, 3.05) is 31.4 Å². The molecule has 78 valence electrons. The molecule has 0 aliphatic carbocycles. The van der Waals surface area contributed by atoms with Crippen LogP contribution in [0.2, 0.25) is 0 Å². The summed E-state index contributed by atoms with van der Waals surface area (Å²) in [7, 11) is -0.152. The predicted octanol–water partition coefficient (Wildman–Crippen LogP) is 0.230. The smallest absolute Gasteiger partial charge is 0.231 e. The van der Waals surface area contributed by atoms with Crippen molar-refractivity contribution >= 4 is 16.8 Å². The van der Waals surface area contributed by atoms with E-state index in [-0.39, 0.29) is 16.8 Å². The molecule has 0 radical (unpaired) electrons. The van der Waals surface area contributed by atoms with Crippen molar-refractivity contribution in [1.29, 1.82) is 0 Å². The van der Waals surface area contributed by atoms with Gasteiger partial charge < -0.3 is 10.0 Å². The molecule has 1 N–H and O–H groups in total. The predicted molar refractivity (Wildman–Crippen MR) is 57.5 cm³/mol. The summed E-state index contributed by atoms with van der Waals surface area (Å²) in [6.45, 7) is 3.02. The SMILES string of the molecule is CCC1(O)CN(C(=O)C[SH](C)C)C1. The molecule has 1 amide bonds. The van der Waals surface area contributed by atoms with Gasteiger partial charge in [-0.15, -0.1) is 0 Å². The van der Waals surface area contributed by atoms with E-state index in [1.54, 1.807) is 4.90 Å². The van der Waals surface area contributed by atoms with Crippen LogP contribution < -0.4 is 0 Å². The maximum absolute atomic E-state index is 11.5. The number of nitrogens with zero attached hydrogens (tertiary/aromatic N) is 1. The Kier molecular flexibility index (Phi) is 3.24. The Labute approximate surface area is 82.5 Å². The number of hydrogen-bond acceptors (Lipinski definition) is 2. The van der Waals surface area contributed by atoms with Crippen LogP contribution >= 0.6 is 10.9 Å². The number of carbonyl (C=O) groups is 1. The summed E-state index contributed by atoms with van der Waals surface area (Å²) in [5.41, 5.74) is -0.583. The van der Waals surface area contributed by atoms with E-state index in [0.29, 0.717) is 18.8 Å². The molecule has 0 saturated carbocycles. The third kappa shape index (κ3) is 2.61. The zero-order valence-corrected chi connectivity index (χ0v) is 9.47. The maximum atomic E-state index is 11.5. The molecule has 0 aromatic carbocycles. The average Bonchev–Trinajstić information content (AvgIpc) is 1.97. The Morgan fingerprint density at radius 3 is 2.46 bits per heavy atom. The van der Waals surface area contributed by atoms with E-state index in [4.69, 9.17) is 0 Å². The second kappa shape index (κ2) is 3.88. The van der Waals surface area contributed by atoms with Gasteiger partial charge in [0.1, 0.15) is 0 Å². The van der Waals surface area contributed by atoms with Crippen molar-refractivity contribution in [3.8, 4) is 0 Å². The molecule has 3 nitrogen and oxygen atoms in total. The third-order valence-corrected chi connectivity index (χ3v) is 3.34. The third-order valence-electron chi connectivity index (χ3n) is 2.43. The Hall–Kier alpha value is -0.220. The number of β-amino-alcohol motifs (C(OH)–C–C–N with tert-alkyl or cyclic N) is 1. The van der Waals surface area contributed by atoms with Gasteiger partial charge in [-0.05, 0) is 18.9 Å². The van der Waals surface area contributed by atoms with Crippen LogP contribution in [-0.4, -0.2) is 52.9 Å². The number of aliphatic hydroxyl groups is 1. The first-order valence-corrected chi connectivity index (χ1v) is 7.04. The summed E-state index contributed by atoms with van der Waals surface area (Å²) in [5, 5.41) is 9.68. The van der Waals surface area contributed by atoms with Crippen LogP contribution in [0.25, 0.3) is 0 Å². The van der Waals surface area contributed by atoms with Crippen LogP contribution in [0.5, 0.6) is 0 Å². The van der Waals surface area contributed by atoms with Crippen molar-refractivity contribution in [3.05, 3.63) is 0 Å². The summed E-state index contributed by atoms with van der Waals surface area (Å²) >= 11 is 0. The summed E-state index contributed by atoms with van der Waals surface area (Å²) in [6, 6.07) is 0. The summed E-state index contributed by atoms with van der Waals surface area (Å²) in [4.78, 5) is 13.2. The highest BCUT2D eigenvalue weighted by atomic mass is 32.2. The normalized spacial score (nSPS) is 20.9. The van der Waals surface area contributed by atoms with Crippen LogP contribution in [0.15, 0.2) is 0 Å². The molecule has 1 rings (SSSR count). The van der Waals surface area contributed by atoms with E-state index in [1.807, 2.05) is 6.92 Å². The molecule has 1 saturated heterocycles. The molecule has 13 heavy (non-hydrogen) atoms. The minimum absolute atomic E-state index is 0.152. The van der Waals surface area contributed by atoms with E-state index in [0.717, 1.165) is 6.42 Å². The van der Waals surface area contributed by atoms with Crippen molar-refractivity contribution in [2.24, 2.45) is 0 Å². The molecule has 1 fully saturated rings. The first-order chi connectivity index (χ1) is 5.97. The van der Waals surface area contributed by atoms with Crippen LogP contribution in [0.3, 0.4) is 0 Å². The first-order valence-electron chi connectivity index (χ1n) is 4.62. The summed E-state index contributed by atoms with van der Waals surface area (Å²) in [6.07, 6.45) is 4.93. The van der Waals surface area contributed by atoms with E-state index >= 15 is 0 Å². The van der Waals surface area contributed by atoms with Crippen LogP contribution in [-0.2, 0) is 4.79 Å². The number of thiol groups is 1. The average molecular weight is 205 g/mol. The van der Waals surface area contributed by atoms with Gasteiger partial charge in [0.05, 0.1) is 24.4 Å². The van der Waals surface area contributed by atoms with E-state index in [9.17, 15) is 9.90 Å². The molecule has 0 atom stereocenters. The molecule has 1 heterocycles. The molecule has 0 bridgehead atoms. The van der Waals surface area contributed by atoms with Gasteiger partial charge in [0, 0.05) is 0 Å². The lowest BCUT2D eigenvalue weighted by Gasteiger charge is -2.46. The van der Waals surface area contributed by atoms with Gasteiger partial charge in [-0.3, -0.25) is 15.7 Å². The van der Waals surface area contributed by atoms with Crippen molar-refractivity contribution < 1.29 is 9.90 Å². The monoisotopic (exact) mass is 205 g/mol. The van der Waals surface area contributed by atoms with Gasteiger partial charge in [-0.2, -0.15) is 0 Å². The van der Waals surface area contributed by atoms with Crippen LogP contribution in [0, 0.1) is 0 Å². The molecule has 4 heteroatoms. The zero-order valence-electron chi connectivity index (χ0n) is 8.58. The molecule has 0 unspecified atom stereocenters. The van der Waals surface area contributed by atoms with Gasteiger partial charge in [0.2, 0.25) is 5.91 Å². The minimum Gasteiger partial charge on any atom is -0.386 e. The molecule has 0 aromatic rings. The molecule has 1 aliphatic rings. The number of carbonyl (C=O) groups excluding carboxylic acids is 1. The van der Waals surface area contributed by atoms with Crippen LogP contribution in [0.4, 0.5) is 0 Å². The standard InChI is InChI=1S/C9H19NO2S/c1-4-9(12)6-10(7-9)8(11)5-13(2)3/h12-13H,4-7H2,1-3H3. The van der Waals surface area contributed by atoms with Gasteiger partial charge >= 0.3 is 0 Å². The fraction of sp³-hybridized carbons (Fsp3) is 0.889. The maximum Gasteiger partial charge on any atom is 0.231 e. The van der Waals surface area contributed by atoms with Gasteiger partial charge in [-0.25, -0.2) is 0 Å². The molecule has 0 spiro atoms. The number of hydrogen-bond donors (Lipinski definition) is 2. The quantitative estimate of drug-likeness (QED) is 0.648. The number of rotatable bonds is 3. The van der Waals surface area contributed by atoms with Gasteiger partial charge in [-0.1, -0.05) is 6.92 Å². The molecule has 0 aromatic heterocycles. The van der Waals surface area contributed by atoms with Crippen molar-refractivity contribution in [1.82, 2.24) is 4.90 Å². The highest BCUT2D eigenvalue weighted by Gasteiger charge is 2.41. The molecule has 1 aliphatic heterocycles. The Balaban J connectivity index is 2.31. The fourth-order valence-corrected chi connectivity index (χ4v) is 2.18. The lowest BCUT2D eigenvalue weighted by molar-refractivity contribution is -0.152. The highest BCUT2D eigenvalue weighted by molar-refractivity contribution is 8.16. The Bertz CT molecular complexity index is 200. The lowest BCUT2D eigenvalue weighted by atomic mass is 9.91. The van der Waals surface area contributed by atoms with Gasteiger partial charge in [0.25, 0.3) is 0 Å². The minimum atomic E-state index is -0.583.